The minimum Gasteiger partial charge on any atom is -0.376 e. The molecule has 1 atom stereocenters. The van der Waals surface area contributed by atoms with Crippen molar-refractivity contribution in [3.8, 4) is 0 Å². The van der Waals surface area contributed by atoms with Gasteiger partial charge >= 0.3 is 0 Å². The molecule has 18 heavy (non-hydrogen) atoms. The van der Waals surface area contributed by atoms with Gasteiger partial charge in [-0.25, -0.2) is 0 Å². The molecule has 1 unspecified atom stereocenters. The van der Waals surface area contributed by atoms with Crippen LogP contribution in [0.25, 0.3) is 0 Å². The number of hydrogen-bond acceptors (Lipinski definition) is 3. The van der Waals surface area contributed by atoms with Gasteiger partial charge in [0.25, 0.3) is 11.9 Å². The van der Waals surface area contributed by atoms with Gasteiger partial charge in [0.2, 0.25) is 11.6 Å². The zero-order valence-corrected chi connectivity index (χ0v) is 9.81. The van der Waals surface area contributed by atoms with Gasteiger partial charge in [-0.2, -0.15) is 22.5 Å². The average Bonchev–Trinajstić information content (AvgIpc) is 2.32. The maximum Gasteiger partial charge on any atom is 0.253 e. The molecule has 1 fully saturated rings. The molecule has 2 rings (SSSR count). The lowest BCUT2D eigenvalue weighted by atomic mass is 10.1. The first kappa shape index (κ1) is 13.1. The quantitative estimate of drug-likeness (QED) is 0.654. The highest BCUT2D eigenvalue weighted by molar-refractivity contribution is 5.46. The van der Waals surface area contributed by atoms with Gasteiger partial charge in [0.05, 0.1) is 0 Å². The van der Waals surface area contributed by atoms with E-state index in [0.29, 0.717) is 13.0 Å². The van der Waals surface area contributed by atoms with E-state index in [0.717, 1.165) is 13.0 Å². The molecule has 1 N–H and O–H groups in total. The Morgan fingerprint density at radius 1 is 1.17 bits per heavy atom. The minimum absolute atomic E-state index is 0.242. The molecule has 0 amide bonds. The zero-order valence-electron chi connectivity index (χ0n) is 9.81. The largest absolute Gasteiger partial charge is 0.376 e. The summed E-state index contributed by atoms with van der Waals surface area (Å²) in [5.74, 6) is -6.25. The number of hydrogen-bond donors (Lipinski definition) is 1. The van der Waals surface area contributed by atoms with Crippen LogP contribution in [-0.4, -0.2) is 36.1 Å². The number of rotatable bonds is 2. The molecule has 1 aliphatic rings. The number of aromatic nitrogens is 1. The molecule has 7 heteroatoms. The fourth-order valence-corrected chi connectivity index (χ4v) is 2.10. The van der Waals surface area contributed by atoms with Crippen molar-refractivity contribution in [3.05, 3.63) is 23.5 Å². The first-order valence-electron chi connectivity index (χ1n) is 5.64. The van der Waals surface area contributed by atoms with Gasteiger partial charge in [-0.15, -0.1) is 0 Å². The molecule has 1 aromatic rings. The zero-order chi connectivity index (χ0) is 13.3. The van der Waals surface area contributed by atoms with Crippen LogP contribution in [-0.2, 0) is 0 Å². The van der Waals surface area contributed by atoms with Crippen LogP contribution in [0.4, 0.5) is 23.2 Å². The van der Waals surface area contributed by atoms with E-state index in [2.05, 4.69) is 10.3 Å². The molecule has 100 valence electrons. The second-order valence-electron chi connectivity index (χ2n) is 4.44. The van der Waals surface area contributed by atoms with Gasteiger partial charge < -0.3 is 10.2 Å². The van der Waals surface area contributed by atoms with Crippen molar-refractivity contribution in [2.24, 2.45) is 0 Å². The average molecular weight is 263 g/mol. The summed E-state index contributed by atoms with van der Waals surface area (Å²) < 4.78 is 52.6. The lowest BCUT2D eigenvalue weighted by Gasteiger charge is -2.31. The van der Waals surface area contributed by atoms with Gasteiger partial charge in [0.15, 0.2) is 0 Å². The summed E-state index contributed by atoms with van der Waals surface area (Å²) in [6.07, 6.45) is 1.54. The van der Waals surface area contributed by atoms with Crippen LogP contribution in [0.1, 0.15) is 12.8 Å². The normalized spacial score (nSPS) is 21.1. The standard InChI is InChI=1S/C11H13F4N3/c1-18-4-2-3-6(5-18)16-9-7(12)10(14)17-11(15)8(9)13/h6H,2-5H2,1H3,(H,16,17). The lowest BCUT2D eigenvalue weighted by Crippen LogP contribution is -2.40. The first-order chi connectivity index (χ1) is 8.49. The third-order valence-electron chi connectivity index (χ3n) is 2.97. The van der Waals surface area contributed by atoms with E-state index in [9.17, 15) is 17.6 Å². The summed E-state index contributed by atoms with van der Waals surface area (Å²) >= 11 is 0. The van der Waals surface area contributed by atoms with Crippen LogP contribution in [0.15, 0.2) is 0 Å². The van der Waals surface area contributed by atoms with E-state index in [1.807, 2.05) is 11.9 Å². The fraction of sp³-hybridized carbons (Fsp3) is 0.545. The van der Waals surface area contributed by atoms with Gasteiger partial charge in [0.1, 0.15) is 5.69 Å². The van der Waals surface area contributed by atoms with Crippen molar-refractivity contribution >= 4 is 5.69 Å². The molecule has 0 bridgehead atoms. The van der Waals surface area contributed by atoms with Crippen molar-refractivity contribution in [1.82, 2.24) is 9.88 Å². The second kappa shape index (κ2) is 5.09. The molecular formula is C11H13F4N3. The third-order valence-corrected chi connectivity index (χ3v) is 2.97. The maximum atomic E-state index is 13.4. The van der Waals surface area contributed by atoms with Crippen LogP contribution in [0.2, 0.25) is 0 Å². The number of nitrogens with zero attached hydrogens (tertiary/aromatic N) is 2. The van der Waals surface area contributed by atoms with Crippen LogP contribution < -0.4 is 5.32 Å². The summed E-state index contributed by atoms with van der Waals surface area (Å²) in [7, 11) is 1.87. The van der Waals surface area contributed by atoms with Gasteiger partial charge in [0, 0.05) is 12.6 Å². The van der Waals surface area contributed by atoms with Crippen molar-refractivity contribution in [3.63, 3.8) is 0 Å². The van der Waals surface area contributed by atoms with E-state index in [1.54, 1.807) is 0 Å². The molecule has 0 aliphatic carbocycles. The minimum atomic E-state index is -1.64. The summed E-state index contributed by atoms with van der Waals surface area (Å²) in [6, 6.07) is -0.242. The van der Waals surface area contributed by atoms with E-state index in [1.165, 1.54) is 0 Å². The van der Waals surface area contributed by atoms with Crippen LogP contribution in [0, 0.1) is 23.5 Å². The van der Waals surface area contributed by atoms with Crippen LogP contribution in [0.3, 0.4) is 0 Å². The molecule has 3 nitrogen and oxygen atoms in total. The van der Waals surface area contributed by atoms with Crippen molar-refractivity contribution < 1.29 is 17.6 Å². The first-order valence-corrected chi connectivity index (χ1v) is 5.64. The van der Waals surface area contributed by atoms with E-state index in [-0.39, 0.29) is 6.04 Å². The number of halogens is 4. The SMILES string of the molecule is CN1CCCC(Nc2c(F)c(F)nc(F)c2F)C1. The Balaban J connectivity index is 2.23. The monoisotopic (exact) mass is 263 g/mol. The molecular weight excluding hydrogens is 250 g/mol. The lowest BCUT2D eigenvalue weighted by molar-refractivity contribution is 0.260. The van der Waals surface area contributed by atoms with E-state index in [4.69, 9.17) is 0 Å². The smallest absolute Gasteiger partial charge is 0.253 e. The predicted molar refractivity (Wildman–Crippen MR) is 58.2 cm³/mol. The fourth-order valence-electron chi connectivity index (χ4n) is 2.10. The van der Waals surface area contributed by atoms with Gasteiger partial charge in [-0.1, -0.05) is 0 Å². The number of likely N-dealkylation sites (N-methyl/N-ethyl adjacent to an activating group) is 1. The molecule has 1 aliphatic heterocycles. The number of pyridine rings is 1. The van der Waals surface area contributed by atoms with Crippen LogP contribution >= 0.6 is 0 Å². The summed E-state index contributed by atoms with van der Waals surface area (Å²) in [5, 5.41) is 2.52. The maximum absolute atomic E-state index is 13.4. The highest BCUT2D eigenvalue weighted by Crippen LogP contribution is 2.24. The third kappa shape index (κ3) is 2.55. The number of likely N-dealkylation sites (tertiary alicyclic amines) is 1. The van der Waals surface area contributed by atoms with Gasteiger partial charge in [-0.05, 0) is 26.4 Å². The molecule has 0 aromatic carbocycles. The van der Waals surface area contributed by atoms with E-state index >= 15 is 0 Å². The molecule has 1 aromatic heterocycles. The van der Waals surface area contributed by atoms with E-state index < -0.39 is 29.2 Å². The highest BCUT2D eigenvalue weighted by Gasteiger charge is 2.24. The Morgan fingerprint density at radius 2 is 1.78 bits per heavy atom. The van der Waals surface area contributed by atoms with Crippen molar-refractivity contribution in [2.75, 3.05) is 25.5 Å². The second-order valence-corrected chi connectivity index (χ2v) is 4.44. The topological polar surface area (TPSA) is 28.2 Å². The summed E-state index contributed by atoms with van der Waals surface area (Å²) in [4.78, 5) is 4.48. The molecule has 1 saturated heterocycles. The molecule has 0 radical (unpaired) electrons. The molecule has 0 saturated carbocycles. The predicted octanol–water partition coefficient (Wildman–Crippen LogP) is 2.14. The molecule has 2 heterocycles. The Hall–Kier alpha value is -1.37. The number of anilines is 1. The number of nitrogens with one attached hydrogen (secondary N) is 1. The summed E-state index contributed by atoms with van der Waals surface area (Å²) in [6.45, 7) is 1.45. The summed E-state index contributed by atoms with van der Waals surface area (Å²) in [5.41, 5.74) is -0.777. The number of piperidine rings is 1. The Bertz CT molecular complexity index is 426. The highest BCUT2D eigenvalue weighted by atomic mass is 19.2. The van der Waals surface area contributed by atoms with Crippen LogP contribution in [0.5, 0.6) is 0 Å². The van der Waals surface area contributed by atoms with Crippen molar-refractivity contribution in [1.29, 1.82) is 0 Å². The Kier molecular flexibility index (Phi) is 3.70. The molecule has 0 spiro atoms. The Labute approximate surface area is 102 Å². The van der Waals surface area contributed by atoms with Crippen molar-refractivity contribution in [2.45, 2.75) is 18.9 Å². The Morgan fingerprint density at radius 3 is 2.33 bits per heavy atom. The van der Waals surface area contributed by atoms with Gasteiger partial charge in [-0.3, -0.25) is 0 Å².